The molecule has 0 fully saturated rings. The van der Waals surface area contributed by atoms with E-state index < -0.39 is 0 Å². The van der Waals surface area contributed by atoms with Crippen LogP contribution >= 0.6 is 0 Å². The molecule has 0 saturated carbocycles. The Balaban J connectivity index is 3.08. The second kappa shape index (κ2) is 5.20. The van der Waals surface area contributed by atoms with Gasteiger partial charge in [-0.25, -0.2) is 0 Å². The molecule has 0 rings (SSSR count). The Kier molecular flexibility index (Phi) is 4.61. The number of aldehydes is 1. The molecule has 0 radical (unpaired) electrons. The fourth-order valence-electron chi connectivity index (χ4n) is 0.147. The maximum absolute atomic E-state index is 9.45. The normalized spacial score (nSPS) is 8.57. The van der Waals surface area contributed by atoms with Crippen molar-refractivity contribution in [2.24, 2.45) is 4.99 Å². The van der Waals surface area contributed by atoms with Crippen molar-refractivity contribution >= 4 is 19.6 Å². The van der Waals surface area contributed by atoms with Gasteiger partial charge in [-0.15, -0.1) is 0 Å². The average molecular weight is 96.9 g/mol. The molecule has 0 saturated heterocycles. The third kappa shape index (κ3) is 5.20. The molecule has 0 unspecified atom stereocenters. The maximum atomic E-state index is 9.45. The molecule has 0 bridgehead atoms. The van der Waals surface area contributed by atoms with Gasteiger partial charge in [0.05, 0.1) is 0 Å². The van der Waals surface area contributed by atoms with E-state index in [1.807, 2.05) is 0 Å². The fraction of sp³-hybridized carbons (Fsp3) is 0.333. The molecule has 36 valence electrons. The summed E-state index contributed by atoms with van der Waals surface area (Å²) < 4.78 is 9.41. The van der Waals surface area contributed by atoms with Gasteiger partial charge in [0.15, 0.2) is 0 Å². The third-order valence-electron chi connectivity index (χ3n) is 0.346. The van der Waals surface area contributed by atoms with Crippen molar-refractivity contribution < 1.29 is 9.50 Å². The molecular formula is C3H4BNO2. The molecule has 0 spiro atoms. The number of carbonyl (C=O) groups is 1. The predicted octanol–water partition coefficient (Wildman–Crippen LogP) is -0.737. The zero-order valence-corrected chi connectivity index (χ0v) is 3.70. The van der Waals surface area contributed by atoms with Gasteiger partial charge in [0.2, 0.25) is 0 Å². The summed E-state index contributed by atoms with van der Waals surface area (Å²) >= 11 is 0. The Morgan fingerprint density at radius 2 is 2.43 bits per heavy atom. The quantitative estimate of drug-likeness (QED) is 0.264. The van der Waals surface area contributed by atoms with Crippen molar-refractivity contribution in [3.63, 3.8) is 0 Å². The fourth-order valence-corrected chi connectivity index (χ4v) is 0.147. The van der Waals surface area contributed by atoms with Crippen molar-refractivity contribution in [1.29, 1.82) is 0 Å². The average Bonchev–Trinajstić information content (AvgIpc) is 1.69. The SMILES string of the molecule is O=B/C=N\CC=O. The van der Waals surface area contributed by atoms with Crippen LogP contribution in [0.25, 0.3) is 0 Å². The van der Waals surface area contributed by atoms with E-state index >= 15 is 0 Å². The van der Waals surface area contributed by atoms with Gasteiger partial charge in [-0.1, -0.05) is 0 Å². The van der Waals surface area contributed by atoms with Crippen molar-refractivity contribution in [2.45, 2.75) is 0 Å². The second-order valence-electron chi connectivity index (χ2n) is 0.817. The standard InChI is InChI=1S/C3H4BNO2/c6-2-1-5-3-4-7/h2-3H,1H2/b5-3-. The molecule has 0 heterocycles. The van der Waals surface area contributed by atoms with Gasteiger partial charge in [0, 0.05) is 0 Å². The van der Waals surface area contributed by atoms with Crippen LogP contribution in [0.2, 0.25) is 0 Å². The number of aliphatic imine (C=N–C) groups is 1. The van der Waals surface area contributed by atoms with Crippen LogP contribution in [-0.4, -0.2) is 26.1 Å². The first kappa shape index (κ1) is 6.20. The first-order valence-electron chi connectivity index (χ1n) is 1.79. The summed E-state index contributed by atoms with van der Waals surface area (Å²) in [5.41, 5.74) is 0. The van der Waals surface area contributed by atoms with Crippen LogP contribution in [0.1, 0.15) is 0 Å². The first-order valence-corrected chi connectivity index (χ1v) is 1.79. The third-order valence-corrected chi connectivity index (χ3v) is 0.346. The molecule has 0 aromatic rings. The topological polar surface area (TPSA) is 46.5 Å². The van der Waals surface area contributed by atoms with E-state index in [9.17, 15) is 9.50 Å². The van der Waals surface area contributed by atoms with E-state index in [1.165, 1.54) is 0 Å². The predicted molar refractivity (Wildman–Crippen MR) is 25.9 cm³/mol. The summed E-state index contributed by atoms with van der Waals surface area (Å²) in [6, 6.07) is 0. The molecule has 0 atom stereocenters. The summed E-state index contributed by atoms with van der Waals surface area (Å²) in [7, 11) is 0.531. The molecule has 0 aliphatic rings. The minimum absolute atomic E-state index is 0.0821. The molecule has 0 aliphatic heterocycles. The van der Waals surface area contributed by atoms with Crippen molar-refractivity contribution in [3.05, 3.63) is 0 Å². The Morgan fingerprint density at radius 1 is 1.71 bits per heavy atom. The van der Waals surface area contributed by atoms with Crippen molar-refractivity contribution in [3.8, 4) is 0 Å². The van der Waals surface area contributed by atoms with E-state index in [-0.39, 0.29) is 6.54 Å². The van der Waals surface area contributed by atoms with E-state index in [0.29, 0.717) is 13.4 Å². The summed E-state index contributed by atoms with van der Waals surface area (Å²) in [5.74, 6) is 0. The van der Waals surface area contributed by atoms with Gasteiger partial charge < -0.3 is 0 Å². The Bertz CT molecular complexity index is 90.9. The zero-order chi connectivity index (χ0) is 5.54. The zero-order valence-electron chi connectivity index (χ0n) is 3.70. The molecular weight excluding hydrogens is 92.8 g/mol. The number of hydrogen-bond acceptors (Lipinski definition) is 3. The summed E-state index contributed by atoms with van der Waals surface area (Å²) in [5, 5.41) is 0. The van der Waals surface area contributed by atoms with Gasteiger partial charge >= 0.3 is 40.6 Å². The summed E-state index contributed by atoms with van der Waals surface area (Å²) in [6.07, 6.45) is 1.68. The van der Waals surface area contributed by atoms with Crippen molar-refractivity contribution in [2.75, 3.05) is 6.54 Å². The van der Waals surface area contributed by atoms with E-state index in [0.717, 1.165) is 6.11 Å². The van der Waals surface area contributed by atoms with Crippen LogP contribution < -0.4 is 0 Å². The molecule has 0 aliphatic carbocycles. The van der Waals surface area contributed by atoms with Crippen LogP contribution in [0.5, 0.6) is 0 Å². The van der Waals surface area contributed by atoms with Gasteiger partial charge in [0.1, 0.15) is 0 Å². The first-order chi connectivity index (χ1) is 3.41. The minimum atomic E-state index is 0.0821. The van der Waals surface area contributed by atoms with E-state index in [4.69, 9.17) is 0 Å². The van der Waals surface area contributed by atoms with Crippen LogP contribution in [0.4, 0.5) is 0 Å². The monoisotopic (exact) mass is 97.0 g/mol. The Morgan fingerprint density at radius 3 is 2.86 bits per heavy atom. The molecule has 4 heteroatoms. The van der Waals surface area contributed by atoms with E-state index in [2.05, 4.69) is 4.99 Å². The van der Waals surface area contributed by atoms with Crippen LogP contribution in [0.3, 0.4) is 0 Å². The molecule has 3 nitrogen and oxygen atoms in total. The van der Waals surface area contributed by atoms with E-state index in [1.54, 1.807) is 0 Å². The molecule has 0 N–H and O–H groups in total. The van der Waals surface area contributed by atoms with Gasteiger partial charge in [-0.3, -0.25) is 0 Å². The van der Waals surface area contributed by atoms with Gasteiger partial charge in [0.25, 0.3) is 0 Å². The number of rotatable bonds is 3. The molecule has 7 heavy (non-hydrogen) atoms. The summed E-state index contributed by atoms with van der Waals surface area (Å²) in [4.78, 5) is 12.8. The second-order valence-corrected chi connectivity index (χ2v) is 0.817. The van der Waals surface area contributed by atoms with Crippen LogP contribution in [0.15, 0.2) is 4.99 Å². The number of carbonyl (C=O) groups excluding carboxylic acids is 1. The van der Waals surface area contributed by atoms with Crippen molar-refractivity contribution in [1.82, 2.24) is 0 Å². The van der Waals surface area contributed by atoms with Crippen LogP contribution in [-0.2, 0) is 9.50 Å². The molecule has 0 aromatic carbocycles. The molecule has 0 amide bonds. The Hall–Kier alpha value is -0.795. The van der Waals surface area contributed by atoms with Gasteiger partial charge in [-0.05, 0) is 0 Å². The molecule has 0 aromatic heterocycles. The summed E-state index contributed by atoms with van der Waals surface area (Å²) in [6.45, 7) is 0.0821. The van der Waals surface area contributed by atoms with Crippen LogP contribution in [0, 0.1) is 0 Å². The van der Waals surface area contributed by atoms with Gasteiger partial charge in [-0.2, -0.15) is 0 Å². The number of nitrogens with zero attached hydrogens (tertiary/aromatic N) is 1. The Labute approximate surface area is 41.7 Å². The number of hydrogen-bond donors (Lipinski definition) is 0.